The van der Waals surface area contributed by atoms with Crippen LogP contribution >= 0.6 is 0 Å². The van der Waals surface area contributed by atoms with Crippen molar-refractivity contribution < 1.29 is 0 Å². The molecule has 0 saturated heterocycles. The van der Waals surface area contributed by atoms with E-state index in [4.69, 9.17) is 4.98 Å². The van der Waals surface area contributed by atoms with Crippen LogP contribution in [0.1, 0.15) is 43.2 Å². The van der Waals surface area contributed by atoms with Crippen LogP contribution < -0.4 is 0 Å². The average molecular weight is 569 g/mol. The molecule has 4 nitrogen and oxygen atoms in total. The van der Waals surface area contributed by atoms with Gasteiger partial charge in [-0.25, -0.2) is 4.98 Å². The van der Waals surface area contributed by atoms with Crippen LogP contribution in [0.25, 0.3) is 55.1 Å². The molecule has 0 unspecified atom stereocenters. The number of fused-ring (bicyclic) bond motifs is 6. The van der Waals surface area contributed by atoms with Gasteiger partial charge < -0.3 is 4.57 Å². The van der Waals surface area contributed by atoms with Crippen LogP contribution in [0.5, 0.6) is 0 Å². The molecule has 0 atom stereocenters. The summed E-state index contributed by atoms with van der Waals surface area (Å²) in [6, 6.07) is 42.3. The molecule has 0 spiro atoms. The number of pyridine rings is 2. The topological polar surface area (TPSA) is 35.6 Å². The predicted molar refractivity (Wildman–Crippen MR) is 181 cm³/mol. The van der Waals surface area contributed by atoms with Crippen molar-refractivity contribution in [2.75, 3.05) is 0 Å². The van der Waals surface area contributed by atoms with Crippen molar-refractivity contribution >= 4 is 43.7 Å². The Labute approximate surface area is 256 Å². The molecule has 4 heteroatoms. The number of rotatable bonds is 4. The molecule has 1 aliphatic rings. The second kappa shape index (κ2) is 9.92. The molecular formula is C40H32N4. The smallest absolute Gasteiger partial charge is 0.145 e. The Morgan fingerprint density at radius 1 is 0.477 bits per heavy atom. The van der Waals surface area contributed by atoms with Gasteiger partial charge in [0.05, 0.1) is 22.7 Å². The highest BCUT2D eigenvalue weighted by molar-refractivity contribution is 6.09. The minimum atomic E-state index is 0.0107. The van der Waals surface area contributed by atoms with E-state index in [2.05, 4.69) is 123 Å². The van der Waals surface area contributed by atoms with Crippen LogP contribution in [0.4, 0.5) is 0 Å². The summed E-state index contributed by atoms with van der Waals surface area (Å²) in [4.78, 5) is 9.26. The SMILES string of the molecule is c1ccc2c(c1)c1ccncc1n2-c1ccc(C2(c3ccc(-n4c5ccccc5c5cccnc54)cc3)CCCCC2)cc1. The third-order valence-corrected chi connectivity index (χ3v) is 9.97. The summed E-state index contributed by atoms with van der Waals surface area (Å²) in [5.74, 6) is 0. The van der Waals surface area contributed by atoms with E-state index < -0.39 is 0 Å². The maximum atomic E-state index is 4.79. The number of hydrogen-bond donors (Lipinski definition) is 0. The van der Waals surface area contributed by atoms with Gasteiger partial charge in [-0.3, -0.25) is 9.55 Å². The zero-order chi connectivity index (χ0) is 29.1. The van der Waals surface area contributed by atoms with Crippen molar-refractivity contribution in [3.8, 4) is 11.4 Å². The van der Waals surface area contributed by atoms with E-state index in [1.165, 1.54) is 81.5 Å². The Balaban J connectivity index is 1.14. The molecule has 4 aromatic carbocycles. The lowest BCUT2D eigenvalue weighted by Crippen LogP contribution is -2.30. The van der Waals surface area contributed by atoms with E-state index in [9.17, 15) is 0 Å². The van der Waals surface area contributed by atoms with Crippen molar-refractivity contribution in [3.05, 3.63) is 145 Å². The monoisotopic (exact) mass is 568 g/mol. The highest BCUT2D eigenvalue weighted by Crippen LogP contribution is 2.46. The molecule has 9 rings (SSSR count). The Morgan fingerprint density at radius 3 is 1.75 bits per heavy atom. The van der Waals surface area contributed by atoms with Gasteiger partial charge in [-0.2, -0.15) is 0 Å². The van der Waals surface area contributed by atoms with Crippen LogP contribution in [0.15, 0.2) is 134 Å². The molecule has 1 fully saturated rings. The van der Waals surface area contributed by atoms with E-state index in [1.807, 2.05) is 24.7 Å². The Hall–Kier alpha value is -5.22. The standard InChI is InChI=1S/C40H32N4/c1-6-23-40(24-7-1,28-14-18-30(19-15-28)43-36-12-4-2-9-32(36)34-22-26-41-27-38(34)43)29-16-20-31(21-17-29)44-37-13-5-3-10-33(37)35-11-8-25-42-39(35)44/h2-5,8-22,25-27H,1,6-7,23-24H2. The van der Waals surface area contributed by atoms with Crippen molar-refractivity contribution in [2.24, 2.45) is 0 Å². The molecule has 1 aliphatic carbocycles. The fourth-order valence-electron chi connectivity index (χ4n) is 7.91. The van der Waals surface area contributed by atoms with Crippen LogP contribution in [0, 0.1) is 0 Å². The highest BCUT2D eigenvalue weighted by atomic mass is 15.0. The van der Waals surface area contributed by atoms with E-state index in [-0.39, 0.29) is 5.41 Å². The summed E-state index contributed by atoms with van der Waals surface area (Å²) < 4.78 is 4.65. The molecular weight excluding hydrogens is 536 g/mol. The van der Waals surface area contributed by atoms with Gasteiger partial charge in [0.2, 0.25) is 0 Å². The molecule has 1 saturated carbocycles. The van der Waals surface area contributed by atoms with Gasteiger partial charge in [-0.05, 0) is 78.6 Å². The highest BCUT2D eigenvalue weighted by Gasteiger charge is 2.35. The first kappa shape index (κ1) is 25.3. The summed E-state index contributed by atoms with van der Waals surface area (Å²) in [6.45, 7) is 0. The molecule has 4 aromatic heterocycles. The average Bonchev–Trinajstić information content (AvgIpc) is 3.62. The number of benzene rings is 4. The maximum absolute atomic E-state index is 4.79. The van der Waals surface area contributed by atoms with Gasteiger partial charge in [0.25, 0.3) is 0 Å². The number of hydrogen-bond acceptors (Lipinski definition) is 2. The summed E-state index contributed by atoms with van der Waals surface area (Å²) in [5, 5.41) is 4.93. The van der Waals surface area contributed by atoms with Crippen molar-refractivity contribution in [1.82, 2.24) is 19.1 Å². The molecule has 0 radical (unpaired) electrons. The lowest BCUT2D eigenvalue weighted by atomic mass is 9.65. The summed E-state index contributed by atoms with van der Waals surface area (Å²) in [7, 11) is 0. The molecule has 44 heavy (non-hydrogen) atoms. The van der Waals surface area contributed by atoms with Crippen molar-refractivity contribution in [2.45, 2.75) is 37.5 Å². The van der Waals surface area contributed by atoms with E-state index in [0.29, 0.717) is 0 Å². The Morgan fingerprint density at radius 2 is 1.05 bits per heavy atom. The van der Waals surface area contributed by atoms with Gasteiger partial charge in [0.15, 0.2) is 0 Å². The van der Waals surface area contributed by atoms with Crippen LogP contribution in [0.3, 0.4) is 0 Å². The molecule has 4 heterocycles. The third kappa shape index (κ3) is 3.70. The van der Waals surface area contributed by atoms with Crippen molar-refractivity contribution in [1.29, 1.82) is 0 Å². The lowest BCUT2D eigenvalue weighted by molar-refractivity contribution is 0.346. The lowest BCUT2D eigenvalue weighted by Gasteiger charge is -2.39. The van der Waals surface area contributed by atoms with E-state index in [0.717, 1.165) is 16.9 Å². The second-order valence-electron chi connectivity index (χ2n) is 12.2. The number of para-hydroxylation sites is 2. The summed E-state index contributed by atoms with van der Waals surface area (Å²) in [5.41, 5.74) is 9.70. The first-order valence-corrected chi connectivity index (χ1v) is 15.7. The van der Waals surface area contributed by atoms with Crippen LogP contribution in [-0.2, 0) is 5.41 Å². The van der Waals surface area contributed by atoms with Crippen LogP contribution in [-0.4, -0.2) is 19.1 Å². The van der Waals surface area contributed by atoms with Gasteiger partial charge in [-0.1, -0.05) is 79.9 Å². The first-order chi connectivity index (χ1) is 21.8. The molecule has 0 N–H and O–H groups in total. The van der Waals surface area contributed by atoms with Gasteiger partial charge in [0, 0.05) is 50.7 Å². The van der Waals surface area contributed by atoms with E-state index >= 15 is 0 Å². The van der Waals surface area contributed by atoms with Gasteiger partial charge in [0.1, 0.15) is 5.65 Å². The molecule has 212 valence electrons. The van der Waals surface area contributed by atoms with Gasteiger partial charge >= 0.3 is 0 Å². The molecule has 8 aromatic rings. The third-order valence-electron chi connectivity index (χ3n) is 9.97. The second-order valence-corrected chi connectivity index (χ2v) is 12.2. The Bertz CT molecular complexity index is 2030. The molecule has 0 aliphatic heterocycles. The molecule has 0 bridgehead atoms. The normalized spacial score (nSPS) is 15.0. The molecule has 0 amide bonds. The minimum absolute atomic E-state index is 0.0107. The van der Waals surface area contributed by atoms with Gasteiger partial charge in [-0.15, -0.1) is 0 Å². The Kier molecular flexibility index (Phi) is 5.70. The fourth-order valence-corrected chi connectivity index (χ4v) is 7.91. The zero-order valence-corrected chi connectivity index (χ0v) is 24.5. The largest absolute Gasteiger partial charge is 0.308 e. The summed E-state index contributed by atoms with van der Waals surface area (Å²) >= 11 is 0. The summed E-state index contributed by atoms with van der Waals surface area (Å²) in [6.07, 6.45) is 11.9. The zero-order valence-electron chi connectivity index (χ0n) is 24.5. The van der Waals surface area contributed by atoms with E-state index in [1.54, 1.807) is 0 Å². The number of nitrogens with zero attached hydrogens (tertiary/aromatic N) is 4. The predicted octanol–water partition coefficient (Wildman–Crippen LogP) is 9.92. The maximum Gasteiger partial charge on any atom is 0.145 e. The number of aromatic nitrogens is 4. The van der Waals surface area contributed by atoms with Crippen LogP contribution in [0.2, 0.25) is 0 Å². The minimum Gasteiger partial charge on any atom is -0.308 e. The van der Waals surface area contributed by atoms with Crippen molar-refractivity contribution in [3.63, 3.8) is 0 Å². The quantitative estimate of drug-likeness (QED) is 0.212. The first-order valence-electron chi connectivity index (χ1n) is 15.7. The fraction of sp³-hybridized carbons (Fsp3) is 0.150.